The molecule has 1 heterocycles. The molecule has 0 aliphatic rings. The summed E-state index contributed by atoms with van der Waals surface area (Å²) in [4.78, 5) is 0. The van der Waals surface area contributed by atoms with Crippen LogP contribution in [-0.4, -0.2) is 9.78 Å². The molecular weight excluding hydrogens is 174 g/mol. The molecular formula is C11H11N3. The molecule has 0 fully saturated rings. The van der Waals surface area contributed by atoms with E-state index in [0.717, 1.165) is 17.3 Å². The molecule has 1 aromatic carbocycles. The van der Waals surface area contributed by atoms with Gasteiger partial charge in [-0.25, -0.2) is 0 Å². The Labute approximate surface area is 82.6 Å². The summed E-state index contributed by atoms with van der Waals surface area (Å²) in [6, 6.07) is 6.18. The predicted octanol–water partition coefficient (Wildman–Crippen LogP) is 2.01. The minimum atomic E-state index is 0.667. The fourth-order valence-corrected chi connectivity index (χ4v) is 1.61. The minimum absolute atomic E-state index is 0.667. The molecule has 0 saturated carbocycles. The number of aryl methyl sites for hydroxylation is 2. The van der Waals surface area contributed by atoms with Crippen LogP contribution >= 0.6 is 0 Å². The van der Waals surface area contributed by atoms with E-state index < -0.39 is 0 Å². The number of hydrogen-bond acceptors (Lipinski definition) is 2. The Morgan fingerprint density at radius 1 is 1.50 bits per heavy atom. The van der Waals surface area contributed by atoms with Gasteiger partial charge in [0.05, 0.1) is 5.56 Å². The average molecular weight is 185 g/mol. The van der Waals surface area contributed by atoms with Crippen molar-refractivity contribution < 1.29 is 0 Å². The first-order valence-corrected chi connectivity index (χ1v) is 4.61. The van der Waals surface area contributed by atoms with E-state index in [1.54, 1.807) is 4.68 Å². The summed E-state index contributed by atoms with van der Waals surface area (Å²) in [5.74, 6) is 0. The standard InChI is InChI=1S/C11H11N3/c1-3-8-4-9(6-12)11-10(5-8)7-14(2)13-11/h4-5,7H,3H2,1-2H3. The Morgan fingerprint density at radius 3 is 2.93 bits per heavy atom. The first kappa shape index (κ1) is 8.76. The van der Waals surface area contributed by atoms with Crippen molar-refractivity contribution in [3.05, 3.63) is 29.5 Å². The summed E-state index contributed by atoms with van der Waals surface area (Å²) in [6.07, 6.45) is 2.88. The van der Waals surface area contributed by atoms with E-state index >= 15 is 0 Å². The fourth-order valence-electron chi connectivity index (χ4n) is 1.61. The van der Waals surface area contributed by atoms with Gasteiger partial charge in [0.15, 0.2) is 0 Å². The third kappa shape index (κ3) is 1.25. The second-order valence-electron chi connectivity index (χ2n) is 3.35. The Bertz CT molecular complexity index is 517. The van der Waals surface area contributed by atoms with Crippen LogP contribution in [0.2, 0.25) is 0 Å². The monoisotopic (exact) mass is 185 g/mol. The second kappa shape index (κ2) is 3.15. The largest absolute Gasteiger partial charge is 0.275 e. The smallest absolute Gasteiger partial charge is 0.110 e. The molecule has 0 saturated heterocycles. The maximum atomic E-state index is 8.97. The summed E-state index contributed by atoms with van der Waals surface area (Å²) in [5, 5.41) is 14.3. The van der Waals surface area contributed by atoms with Crippen LogP contribution in [0.3, 0.4) is 0 Å². The highest BCUT2D eigenvalue weighted by Crippen LogP contribution is 2.19. The molecule has 0 aliphatic heterocycles. The average Bonchev–Trinajstić information content (AvgIpc) is 2.56. The minimum Gasteiger partial charge on any atom is -0.275 e. The summed E-state index contributed by atoms with van der Waals surface area (Å²) in [7, 11) is 1.87. The summed E-state index contributed by atoms with van der Waals surface area (Å²) >= 11 is 0. The highest BCUT2D eigenvalue weighted by Gasteiger charge is 2.06. The van der Waals surface area contributed by atoms with Gasteiger partial charge in [0.2, 0.25) is 0 Å². The fraction of sp³-hybridized carbons (Fsp3) is 0.273. The topological polar surface area (TPSA) is 41.6 Å². The normalized spacial score (nSPS) is 10.4. The summed E-state index contributed by atoms with van der Waals surface area (Å²) in [6.45, 7) is 2.08. The van der Waals surface area contributed by atoms with Crippen LogP contribution < -0.4 is 0 Å². The molecule has 0 bridgehead atoms. The Balaban J connectivity index is 2.80. The molecule has 0 aliphatic carbocycles. The van der Waals surface area contributed by atoms with Gasteiger partial charge in [-0.1, -0.05) is 6.92 Å². The second-order valence-corrected chi connectivity index (χ2v) is 3.35. The van der Waals surface area contributed by atoms with E-state index in [1.807, 2.05) is 19.3 Å². The molecule has 2 rings (SSSR count). The van der Waals surface area contributed by atoms with Crippen molar-refractivity contribution in [2.45, 2.75) is 13.3 Å². The zero-order chi connectivity index (χ0) is 10.1. The van der Waals surface area contributed by atoms with Crippen LogP contribution in [0.25, 0.3) is 10.9 Å². The molecule has 3 heteroatoms. The van der Waals surface area contributed by atoms with Crippen LogP contribution in [0.15, 0.2) is 18.3 Å². The van der Waals surface area contributed by atoms with Crippen LogP contribution in [0.1, 0.15) is 18.1 Å². The van der Waals surface area contributed by atoms with Crippen LogP contribution in [0, 0.1) is 11.3 Å². The molecule has 0 N–H and O–H groups in total. The van der Waals surface area contributed by atoms with E-state index in [-0.39, 0.29) is 0 Å². The number of nitrogens with zero attached hydrogens (tertiary/aromatic N) is 3. The summed E-state index contributed by atoms with van der Waals surface area (Å²) < 4.78 is 1.74. The third-order valence-electron chi connectivity index (χ3n) is 2.31. The van der Waals surface area contributed by atoms with Crippen molar-refractivity contribution in [1.29, 1.82) is 5.26 Å². The SMILES string of the molecule is CCc1cc(C#N)c2nn(C)cc2c1. The lowest BCUT2D eigenvalue weighted by atomic mass is 10.1. The summed E-state index contributed by atoms with van der Waals surface area (Å²) in [5.41, 5.74) is 2.65. The lowest BCUT2D eigenvalue weighted by Crippen LogP contribution is -1.87. The van der Waals surface area contributed by atoms with Crippen LogP contribution in [0.5, 0.6) is 0 Å². The van der Waals surface area contributed by atoms with Gasteiger partial charge in [-0.2, -0.15) is 10.4 Å². The van der Waals surface area contributed by atoms with Gasteiger partial charge in [-0.05, 0) is 24.1 Å². The van der Waals surface area contributed by atoms with Gasteiger partial charge in [-0.15, -0.1) is 0 Å². The predicted molar refractivity (Wildman–Crippen MR) is 54.8 cm³/mol. The first-order chi connectivity index (χ1) is 6.74. The van der Waals surface area contributed by atoms with Crippen molar-refractivity contribution >= 4 is 10.9 Å². The van der Waals surface area contributed by atoms with Crippen molar-refractivity contribution in [1.82, 2.24) is 9.78 Å². The molecule has 3 nitrogen and oxygen atoms in total. The van der Waals surface area contributed by atoms with Gasteiger partial charge in [0, 0.05) is 18.6 Å². The number of nitriles is 1. The van der Waals surface area contributed by atoms with E-state index in [1.165, 1.54) is 5.56 Å². The Morgan fingerprint density at radius 2 is 2.29 bits per heavy atom. The van der Waals surface area contributed by atoms with Gasteiger partial charge < -0.3 is 0 Å². The molecule has 1 aromatic heterocycles. The van der Waals surface area contributed by atoms with Crippen molar-refractivity contribution in [2.24, 2.45) is 7.05 Å². The zero-order valence-corrected chi connectivity index (χ0v) is 8.28. The molecule has 70 valence electrons. The highest BCUT2D eigenvalue weighted by molar-refractivity contribution is 5.84. The number of hydrogen-bond donors (Lipinski definition) is 0. The zero-order valence-electron chi connectivity index (χ0n) is 8.28. The molecule has 0 radical (unpaired) electrons. The van der Waals surface area contributed by atoms with Crippen molar-refractivity contribution in [3.63, 3.8) is 0 Å². The highest BCUT2D eigenvalue weighted by atomic mass is 15.2. The Hall–Kier alpha value is -1.82. The van der Waals surface area contributed by atoms with Crippen molar-refractivity contribution in [2.75, 3.05) is 0 Å². The third-order valence-corrected chi connectivity index (χ3v) is 2.31. The molecule has 14 heavy (non-hydrogen) atoms. The number of rotatable bonds is 1. The van der Waals surface area contributed by atoms with Gasteiger partial charge in [-0.3, -0.25) is 4.68 Å². The first-order valence-electron chi connectivity index (χ1n) is 4.61. The van der Waals surface area contributed by atoms with Gasteiger partial charge in [0.25, 0.3) is 0 Å². The van der Waals surface area contributed by atoms with E-state index in [9.17, 15) is 0 Å². The van der Waals surface area contributed by atoms with Gasteiger partial charge in [0.1, 0.15) is 11.6 Å². The molecule has 2 aromatic rings. The maximum absolute atomic E-state index is 8.97. The number of fused-ring (bicyclic) bond motifs is 1. The van der Waals surface area contributed by atoms with Crippen molar-refractivity contribution in [3.8, 4) is 6.07 Å². The van der Waals surface area contributed by atoms with E-state index in [2.05, 4.69) is 24.2 Å². The maximum Gasteiger partial charge on any atom is 0.110 e. The number of aromatic nitrogens is 2. The lowest BCUT2D eigenvalue weighted by molar-refractivity contribution is 0.779. The lowest BCUT2D eigenvalue weighted by Gasteiger charge is -1.97. The quantitative estimate of drug-likeness (QED) is 0.682. The van der Waals surface area contributed by atoms with Crippen LogP contribution in [0.4, 0.5) is 0 Å². The molecule has 0 atom stereocenters. The molecule has 0 spiro atoms. The van der Waals surface area contributed by atoms with Gasteiger partial charge >= 0.3 is 0 Å². The van der Waals surface area contributed by atoms with Crippen LogP contribution in [-0.2, 0) is 13.5 Å². The molecule has 0 unspecified atom stereocenters. The van der Waals surface area contributed by atoms with E-state index in [4.69, 9.17) is 5.26 Å². The number of benzene rings is 1. The molecule has 0 amide bonds. The Kier molecular flexibility index (Phi) is 1.97. The van der Waals surface area contributed by atoms with E-state index in [0.29, 0.717) is 5.56 Å².